The van der Waals surface area contributed by atoms with E-state index in [1.807, 2.05) is 0 Å². The first-order valence-electron chi connectivity index (χ1n) is 11.0. The highest BCUT2D eigenvalue weighted by Crippen LogP contribution is 2.22. The molecule has 0 bridgehead atoms. The largest absolute Gasteiger partial charge is 0.373 e. The fourth-order valence-corrected chi connectivity index (χ4v) is 4.12. The summed E-state index contributed by atoms with van der Waals surface area (Å²) in [6, 6.07) is 11.3. The molecule has 7 heteroatoms. The first-order chi connectivity index (χ1) is 13.8. The van der Waals surface area contributed by atoms with Crippen LogP contribution in [-0.4, -0.2) is 75.4 Å². The number of rotatable bonds is 9. The standard InChI is InChI=1S/C22H37N5O.HI/c1-3-23-22(25-16-21-17-27-14-8-12-20(27)18-28-21)24-13-9-15-26(4-2)19-10-6-5-7-11-19;/h5-7,10-11,20-21H,3-4,8-9,12-18H2,1-2H3,(H2,23,24,25);1H. The zero-order valence-corrected chi connectivity index (χ0v) is 20.3. The van der Waals surface area contributed by atoms with Crippen molar-refractivity contribution >= 4 is 35.6 Å². The molecule has 6 nitrogen and oxygen atoms in total. The summed E-state index contributed by atoms with van der Waals surface area (Å²) in [5.74, 6) is 0.900. The number of nitrogens with one attached hydrogen (secondary N) is 2. The van der Waals surface area contributed by atoms with Crippen LogP contribution < -0.4 is 15.5 Å². The van der Waals surface area contributed by atoms with Crippen molar-refractivity contribution in [1.82, 2.24) is 15.5 Å². The molecule has 2 atom stereocenters. The van der Waals surface area contributed by atoms with Gasteiger partial charge in [0.1, 0.15) is 0 Å². The Labute approximate surface area is 193 Å². The number of halogens is 1. The minimum absolute atomic E-state index is 0. The van der Waals surface area contributed by atoms with Gasteiger partial charge in [0.25, 0.3) is 0 Å². The number of ether oxygens (including phenoxy) is 1. The molecule has 0 spiro atoms. The van der Waals surface area contributed by atoms with Crippen LogP contribution in [0.15, 0.2) is 35.3 Å². The second-order valence-corrected chi connectivity index (χ2v) is 7.66. The van der Waals surface area contributed by atoms with Crippen LogP contribution in [0.5, 0.6) is 0 Å². The molecule has 164 valence electrons. The molecule has 0 amide bonds. The van der Waals surface area contributed by atoms with E-state index < -0.39 is 0 Å². The number of hydrogen-bond donors (Lipinski definition) is 2. The van der Waals surface area contributed by atoms with Gasteiger partial charge in [-0.2, -0.15) is 0 Å². The minimum atomic E-state index is 0. The van der Waals surface area contributed by atoms with E-state index in [-0.39, 0.29) is 30.1 Å². The predicted molar refractivity (Wildman–Crippen MR) is 133 cm³/mol. The average Bonchev–Trinajstić information content (AvgIpc) is 3.20. The lowest BCUT2D eigenvalue weighted by atomic mass is 10.2. The van der Waals surface area contributed by atoms with Crippen molar-refractivity contribution < 1.29 is 4.74 Å². The summed E-state index contributed by atoms with van der Waals surface area (Å²) in [6.45, 7) is 12.0. The molecule has 2 fully saturated rings. The highest BCUT2D eigenvalue weighted by Gasteiger charge is 2.31. The number of benzene rings is 1. The third-order valence-electron chi connectivity index (χ3n) is 5.66. The van der Waals surface area contributed by atoms with Crippen LogP contribution in [0.2, 0.25) is 0 Å². The van der Waals surface area contributed by atoms with Crippen LogP contribution >= 0.6 is 24.0 Å². The highest BCUT2D eigenvalue weighted by molar-refractivity contribution is 14.0. The Morgan fingerprint density at radius 2 is 2.07 bits per heavy atom. The summed E-state index contributed by atoms with van der Waals surface area (Å²) in [7, 11) is 0. The molecule has 2 unspecified atom stereocenters. The number of para-hydroxylation sites is 1. The summed E-state index contributed by atoms with van der Waals surface area (Å²) in [5, 5.41) is 6.84. The molecule has 2 aliphatic rings. The number of morpholine rings is 1. The Hall–Kier alpha value is -1.06. The predicted octanol–water partition coefficient (Wildman–Crippen LogP) is 2.94. The zero-order chi connectivity index (χ0) is 19.6. The second-order valence-electron chi connectivity index (χ2n) is 7.66. The number of nitrogens with zero attached hydrogens (tertiary/aromatic N) is 3. The summed E-state index contributed by atoms with van der Waals surface area (Å²) in [5.41, 5.74) is 1.29. The number of anilines is 1. The van der Waals surface area contributed by atoms with Crippen molar-refractivity contribution in [2.75, 3.05) is 57.3 Å². The van der Waals surface area contributed by atoms with E-state index in [0.29, 0.717) is 6.04 Å². The first kappa shape index (κ1) is 24.2. The molecule has 0 aliphatic carbocycles. The van der Waals surface area contributed by atoms with Crippen LogP contribution in [0.3, 0.4) is 0 Å². The van der Waals surface area contributed by atoms with Gasteiger partial charge in [0, 0.05) is 44.5 Å². The molecular formula is C22H38IN5O. The Morgan fingerprint density at radius 3 is 2.83 bits per heavy atom. The maximum atomic E-state index is 6.03. The highest BCUT2D eigenvalue weighted by atomic mass is 127. The van der Waals surface area contributed by atoms with E-state index in [4.69, 9.17) is 9.73 Å². The summed E-state index contributed by atoms with van der Waals surface area (Å²) < 4.78 is 6.03. The normalized spacial score (nSPS) is 21.9. The monoisotopic (exact) mass is 515 g/mol. The molecule has 0 radical (unpaired) electrons. The Bertz CT molecular complexity index is 600. The molecule has 1 aromatic carbocycles. The lowest BCUT2D eigenvalue weighted by molar-refractivity contribution is -0.0432. The van der Waals surface area contributed by atoms with Gasteiger partial charge in [-0.3, -0.25) is 9.89 Å². The fraction of sp³-hybridized carbons (Fsp3) is 0.682. The Kier molecular flexibility index (Phi) is 11.1. The van der Waals surface area contributed by atoms with Crippen LogP contribution in [0.4, 0.5) is 5.69 Å². The van der Waals surface area contributed by atoms with E-state index in [1.54, 1.807) is 0 Å². The van der Waals surface area contributed by atoms with Gasteiger partial charge in [0.2, 0.25) is 0 Å². The van der Waals surface area contributed by atoms with Gasteiger partial charge in [-0.05, 0) is 51.8 Å². The van der Waals surface area contributed by atoms with Crippen LogP contribution in [-0.2, 0) is 4.74 Å². The minimum Gasteiger partial charge on any atom is -0.373 e. The number of fused-ring (bicyclic) bond motifs is 1. The van der Waals surface area contributed by atoms with Crippen molar-refractivity contribution in [1.29, 1.82) is 0 Å². The number of guanidine groups is 1. The van der Waals surface area contributed by atoms with Crippen LogP contribution in [0, 0.1) is 0 Å². The lowest BCUT2D eigenvalue weighted by Gasteiger charge is -2.34. The molecule has 2 aliphatic heterocycles. The van der Waals surface area contributed by atoms with Crippen molar-refractivity contribution in [3.8, 4) is 0 Å². The number of hydrogen-bond acceptors (Lipinski definition) is 4. The van der Waals surface area contributed by atoms with Crippen molar-refractivity contribution in [3.05, 3.63) is 30.3 Å². The molecule has 29 heavy (non-hydrogen) atoms. The van der Waals surface area contributed by atoms with E-state index in [2.05, 4.69) is 64.6 Å². The third-order valence-corrected chi connectivity index (χ3v) is 5.66. The summed E-state index contributed by atoms with van der Waals surface area (Å²) >= 11 is 0. The van der Waals surface area contributed by atoms with E-state index in [9.17, 15) is 0 Å². The topological polar surface area (TPSA) is 52.1 Å². The first-order valence-corrected chi connectivity index (χ1v) is 11.0. The van der Waals surface area contributed by atoms with Crippen molar-refractivity contribution in [2.45, 2.75) is 45.3 Å². The van der Waals surface area contributed by atoms with Gasteiger partial charge in [0.15, 0.2) is 5.96 Å². The van der Waals surface area contributed by atoms with Crippen LogP contribution in [0.1, 0.15) is 33.1 Å². The second kappa shape index (κ2) is 13.3. The number of aliphatic imine (C=N–C) groups is 1. The lowest BCUT2D eigenvalue weighted by Crippen LogP contribution is -2.47. The fourth-order valence-electron chi connectivity index (χ4n) is 4.12. The molecule has 2 saturated heterocycles. The van der Waals surface area contributed by atoms with Gasteiger partial charge in [0.05, 0.1) is 19.3 Å². The molecule has 2 heterocycles. The van der Waals surface area contributed by atoms with E-state index in [1.165, 1.54) is 25.1 Å². The van der Waals surface area contributed by atoms with Crippen LogP contribution in [0.25, 0.3) is 0 Å². The van der Waals surface area contributed by atoms with Gasteiger partial charge < -0.3 is 20.3 Å². The maximum Gasteiger partial charge on any atom is 0.191 e. The Balaban J connectivity index is 0.00000300. The quantitative estimate of drug-likeness (QED) is 0.229. The van der Waals surface area contributed by atoms with Crippen molar-refractivity contribution in [2.24, 2.45) is 4.99 Å². The SMILES string of the molecule is CCNC(=NCC1CN2CCCC2CO1)NCCCN(CC)c1ccccc1.I. The zero-order valence-electron chi connectivity index (χ0n) is 18.0. The summed E-state index contributed by atoms with van der Waals surface area (Å²) in [6.07, 6.45) is 3.89. The maximum absolute atomic E-state index is 6.03. The smallest absolute Gasteiger partial charge is 0.191 e. The third kappa shape index (κ3) is 7.61. The van der Waals surface area contributed by atoms with Crippen molar-refractivity contribution in [3.63, 3.8) is 0 Å². The van der Waals surface area contributed by atoms with Gasteiger partial charge in [-0.25, -0.2) is 0 Å². The molecule has 0 aromatic heterocycles. The Morgan fingerprint density at radius 1 is 1.24 bits per heavy atom. The molecule has 0 saturated carbocycles. The molecule has 1 aromatic rings. The molecular weight excluding hydrogens is 477 g/mol. The van der Waals surface area contributed by atoms with E-state index in [0.717, 1.165) is 58.3 Å². The summed E-state index contributed by atoms with van der Waals surface area (Å²) in [4.78, 5) is 9.76. The molecule has 2 N–H and O–H groups in total. The van der Waals surface area contributed by atoms with Gasteiger partial charge in [-0.15, -0.1) is 24.0 Å². The average molecular weight is 515 g/mol. The van der Waals surface area contributed by atoms with Gasteiger partial charge in [-0.1, -0.05) is 18.2 Å². The molecule has 3 rings (SSSR count). The van der Waals surface area contributed by atoms with E-state index >= 15 is 0 Å². The van der Waals surface area contributed by atoms with Gasteiger partial charge >= 0.3 is 0 Å².